The second kappa shape index (κ2) is 9.98. The lowest BCUT2D eigenvalue weighted by Gasteiger charge is -2.18. The zero-order valence-electron chi connectivity index (χ0n) is 18.3. The van der Waals surface area contributed by atoms with Crippen molar-refractivity contribution in [3.05, 3.63) is 76.5 Å². The Morgan fingerprint density at radius 3 is 2.23 bits per heavy atom. The largest absolute Gasteiger partial charge is 0.497 e. The molecule has 0 bridgehead atoms. The molecule has 0 N–H and O–H groups in total. The Hall–Kier alpha value is -3.54. The molecule has 0 radical (unpaired) electrons. The summed E-state index contributed by atoms with van der Waals surface area (Å²) in [6.45, 7) is 4.73. The van der Waals surface area contributed by atoms with Gasteiger partial charge in [-0.2, -0.15) is 0 Å². The molecular formula is C25H27NO5. The van der Waals surface area contributed by atoms with E-state index in [1.165, 1.54) is 7.11 Å². The summed E-state index contributed by atoms with van der Waals surface area (Å²) in [6.07, 6.45) is 2.37. The Morgan fingerprint density at radius 1 is 1.00 bits per heavy atom. The van der Waals surface area contributed by atoms with Crippen molar-refractivity contribution in [1.29, 1.82) is 0 Å². The Morgan fingerprint density at radius 2 is 1.65 bits per heavy atom. The maximum absolute atomic E-state index is 13.2. The van der Waals surface area contributed by atoms with E-state index >= 15 is 0 Å². The monoisotopic (exact) mass is 421 g/mol. The van der Waals surface area contributed by atoms with Gasteiger partial charge in [0.25, 0.3) is 5.91 Å². The predicted molar refractivity (Wildman–Crippen MR) is 119 cm³/mol. The minimum atomic E-state index is -0.519. The smallest absolute Gasteiger partial charge is 0.340 e. The summed E-state index contributed by atoms with van der Waals surface area (Å²) in [7, 11) is 2.94. The van der Waals surface area contributed by atoms with Crippen LogP contribution in [0, 0.1) is 0 Å². The van der Waals surface area contributed by atoms with E-state index in [1.807, 2.05) is 55.5 Å². The maximum Gasteiger partial charge on any atom is 0.340 e. The molecule has 6 nitrogen and oxygen atoms in total. The topological polar surface area (TPSA) is 65.1 Å². The van der Waals surface area contributed by atoms with Gasteiger partial charge in [-0.15, -0.1) is 0 Å². The van der Waals surface area contributed by atoms with E-state index in [0.29, 0.717) is 36.4 Å². The lowest BCUT2D eigenvalue weighted by atomic mass is 10.0. The minimum absolute atomic E-state index is 0.208. The zero-order valence-corrected chi connectivity index (χ0v) is 18.3. The lowest BCUT2D eigenvalue weighted by molar-refractivity contribution is -0.136. The molecule has 6 heteroatoms. The summed E-state index contributed by atoms with van der Waals surface area (Å²) in [5.41, 5.74) is 3.12. The maximum atomic E-state index is 13.2. The molecule has 0 unspecified atom stereocenters. The molecule has 1 aliphatic heterocycles. The van der Waals surface area contributed by atoms with E-state index in [2.05, 4.69) is 0 Å². The fourth-order valence-corrected chi connectivity index (χ4v) is 3.52. The summed E-state index contributed by atoms with van der Waals surface area (Å²) < 4.78 is 15.6. The van der Waals surface area contributed by atoms with Gasteiger partial charge in [-0.05, 0) is 61.7 Å². The van der Waals surface area contributed by atoms with Crippen LogP contribution < -0.4 is 9.47 Å². The van der Waals surface area contributed by atoms with Crippen LogP contribution in [0.15, 0.2) is 65.4 Å². The van der Waals surface area contributed by atoms with Crippen LogP contribution in [0.5, 0.6) is 11.5 Å². The van der Waals surface area contributed by atoms with Crippen molar-refractivity contribution >= 4 is 18.0 Å². The molecule has 3 rings (SSSR count). The molecule has 0 saturated carbocycles. The second-order valence-corrected chi connectivity index (χ2v) is 7.07. The number of nitrogens with zero attached hydrogens (tertiary/aromatic N) is 1. The zero-order chi connectivity index (χ0) is 22.4. The summed E-state index contributed by atoms with van der Waals surface area (Å²) in [5.74, 6) is 0.810. The Balaban J connectivity index is 1.85. The van der Waals surface area contributed by atoms with E-state index in [-0.39, 0.29) is 5.91 Å². The Bertz CT molecular complexity index is 1000. The molecular weight excluding hydrogens is 394 g/mol. The average Bonchev–Trinajstić information content (AvgIpc) is 3.02. The highest BCUT2D eigenvalue weighted by Gasteiger charge is 2.36. The molecule has 1 heterocycles. The van der Waals surface area contributed by atoms with Crippen molar-refractivity contribution in [3.8, 4) is 11.5 Å². The number of carbonyl (C=O) groups excluding carboxylic acids is 2. The predicted octanol–water partition coefficient (Wildman–Crippen LogP) is 4.01. The number of hydrogen-bond acceptors (Lipinski definition) is 5. The summed E-state index contributed by atoms with van der Waals surface area (Å²) in [6, 6.07) is 15.1. The van der Waals surface area contributed by atoms with Crippen molar-refractivity contribution in [3.63, 3.8) is 0 Å². The number of benzene rings is 2. The minimum Gasteiger partial charge on any atom is -0.497 e. The fraction of sp³-hybridized carbons (Fsp3) is 0.280. The number of esters is 1. The molecule has 2 aromatic rings. The van der Waals surface area contributed by atoms with Gasteiger partial charge in [0.15, 0.2) is 0 Å². The van der Waals surface area contributed by atoms with Crippen LogP contribution >= 0.6 is 0 Å². The van der Waals surface area contributed by atoms with Gasteiger partial charge in [0.2, 0.25) is 0 Å². The number of ether oxygens (including phenoxy) is 3. The highest BCUT2D eigenvalue weighted by atomic mass is 16.5. The van der Waals surface area contributed by atoms with Crippen LogP contribution in [-0.2, 0) is 20.7 Å². The third-order valence-corrected chi connectivity index (χ3v) is 5.19. The van der Waals surface area contributed by atoms with Gasteiger partial charge >= 0.3 is 5.97 Å². The van der Waals surface area contributed by atoms with Gasteiger partial charge < -0.3 is 19.1 Å². The molecule has 0 aliphatic carbocycles. The van der Waals surface area contributed by atoms with Crippen molar-refractivity contribution in [2.24, 2.45) is 0 Å². The SMILES string of the molecule is CCOc1ccc(/C=C2\C(=O)N(CCc3ccc(OC)cc3)C(C)=C2C(=O)OC)cc1. The summed E-state index contributed by atoms with van der Waals surface area (Å²) in [5, 5.41) is 0. The Labute approximate surface area is 182 Å². The molecule has 2 aromatic carbocycles. The molecule has 0 fully saturated rings. The van der Waals surface area contributed by atoms with E-state index in [0.717, 1.165) is 22.6 Å². The van der Waals surface area contributed by atoms with E-state index < -0.39 is 5.97 Å². The van der Waals surface area contributed by atoms with Gasteiger partial charge in [0.1, 0.15) is 11.5 Å². The van der Waals surface area contributed by atoms with Gasteiger partial charge in [0, 0.05) is 12.2 Å². The molecule has 1 aliphatic rings. The van der Waals surface area contributed by atoms with Crippen LogP contribution in [0.25, 0.3) is 6.08 Å². The fourth-order valence-electron chi connectivity index (χ4n) is 3.52. The first-order valence-corrected chi connectivity index (χ1v) is 10.2. The number of hydrogen-bond donors (Lipinski definition) is 0. The second-order valence-electron chi connectivity index (χ2n) is 7.07. The van der Waals surface area contributed by atoms with Crippen LogP contribution in [0.2, 0.25) is 0 Å². The first-order chi connectivity index (χ1) is 15.0. The highest BCUT2D eigenvalue weighted by Crippen LogP contribution is 2.32. The average molecular weight is 421 g/mol. The van der Waals surface area contributed by atoms with Crippen molar-refractivity contribution in [2.75, 3.05) is 27.4 Å². The standard InChI is InChI=1S/C25H27NO5/c1-5-31-21-12-8-19(9-13-21)16-22-23(25(28)30-4)17(2)26(24(22)27)15-14-18-6-10-20(29-3)11-7-18/h6-13,16H,5,14-15H2,1-4H3/b22-16-. The highest BCUT2D eigenvalue weighted by molar-refractivity contribution is 6.16. The van der Waals surface area contributed by atoms with Crippen molar-refractivity contribution in [1.82, 2.24) is 4.90 Å². The molecule has 162 valence electrons. The van der Waals surface area contributed by atoms with E-state index in [9.17, 15) is 9.59 Å². The third kappa shape index (κ3) is 4.97. The molecule has 0 aromatic heterocycles. The quantitative estimate of drug-likeness (QED) is 0.476. The van der Waals surface area contributed by atoms with E-state index in [4.69, 9.17) is 14.2 Å². The summed E-state index contributed by atoms with van der Waals surface area (Å²) >= 11 is 0. The van der Waals surface area contributed by atoms with E-state index in [1.54, 1.807) is 25.0 Å². The molecule has 1 amide bonds. The summed E-state index contributed by atoms with van der Waals surface area (Å²) in [4.78, 5) is 27.3. The van der Waals surface area contributed by atoms with Crippen molar-refractivity contribution in [2.45, 2.75) is 20.3 Å². The molecule has 0 spiro atoms. The van der Waals surface area contributed by atoms with Crippen LogP contribution in [-0.4, -0.2) is 44.1 Å². The lowest BCUT2D eigenvalue weighted by Crippen LogP contribution is -2.27. The van der Waals surface area contributed by atoms with Gasteiger partial charge in [-0.25, -0.2) is 4.79 Å². The first-order valence-electron chi connectivity index (χ1n) is 10.2. The number of carbonyl (C=O) groups is 2. The van der Waals surface area contributed by atoms with Crippen LogP contribution in [0.3, 0.4) is 0 Å². The first kappa shape index (κ1) is 22.2. The van der Waals surface area contributed by atoms with Crippen molar-refractivity contribution < 1.29 is 23.8 Å². The Kier molecular flexibility index (Phi) is 7.13. The van der Waals surface area contributed by atoms with Crippen LogP contribution in [0.1, 0.15) is 25.0 Å². The van der Waals surface area contributed by atoms with Crippen LogP contribution in [0.4, 0.5) is 0 Å². The van der Waals surface area contributed by atoms with Gasteiger partial charge in [-0.3, -0.25) is 4.79 Å². The molecule has 0 atom stereocenters. The number of methoxy groups -OCH3 is 2. The molecule has 31 heavy (non-hydrogen) atoms. The molecule has 0 saturated heterocycles. The third-order valence-electron chi connectivity index (χ3n) is 5.19. The number of rotatable bonds is 8. The van der Waals surface area contributed by atoms with Gasteiger partial charge in [-0.1, -0.05) is 24.3 Å². The van der Waals surface area contributed by atoms with Gasteiger partial charge in [0.05, 0.1) is 32.0 Å². The normalized spacial score (nSPS) is 14.9. The number of amides is 1. The number of allylic oxidation sites excluding steroid dienone is 1.